The van der Waals surface area contributed by atoms with Crippen molar-refractivity contribution < 1.29 is 18.7 Å². The topological polar surface area (TPSA) is 58.6 Å². The van der Waals surface area contributed by atoms with Crippen LogP contribution in [0.1, 0.15) is 26.3 Å². The smallest absolute Gasteiger partial charge is 0.261 e. The Morgan fingerprint density at radius 2 is 1.90 bits per heavy atom. The average Bonchev–Trinajstić information content (AvgIpc) is 2.65. The van der Waals surface area contributed by atoms with E-state index in [4.69, 9.17) is 16.3 Å². The third-order valence-electron chi connectivity index (χ3n) is 4.14. The van der Waals surface area contributed by atoms with Crippen molar-refractivity contribution in [3.05, 3.63) is 63.3 Å². The highest BCUT2D eigenvalue weighted by Gasteiger charge is 2.27. The maximum absolute atomic E-state index is 14.1. The predicted octanol–water partition coefficient (Wildman–Crippen LogP) is 4.56. The van der Waals surface area contributed by atoms with Crippen molar-refractivity contribution in [3.63, 3.8) is 0 Å². The summed E-state index contributed by atoms with van der Waals surface area (Å²) in [6.45, 7) is 4.85. The Bertz CT molecular complexity index is 879. The molecule has 0 saturated heterocycles. The number of carbonyl (C=O) groups is 2. The lowest BCUT2D eigenvalue weighted by atomic mass is 10.1. The molecule has 2 amide bonds. The first-order chi connectivity index (χ1) is 13.7. The molecule has 0 aliphatic carbocycles. The highest BCUT2D eigenvalue weighted by Crippen LogP contribution is 2.27. The second kappa shape index (κ2) is 10.6. The van der Waals surface area contributed by atoms with Gasteiger partial charge in [-0.1, -0.05) is 45.7 Å². The van der Waals surface area contributed by atoms with Crippen molar-refractivity contribution >= 4 is 39.3 Å². The standard InChI is InChI=1S/C21H23BrClFN2O3/c1-13(2)25-21(28)14(3)26(11-15-6-4-5-7-18(15)24)20(27)12-29-19-9-8-16(22)10-17(19)23/h4-10,13-14H,11-12H2,1-3H3,(H,25,28)/t14-/m1/s1. The summed E-state index contributed by atoms with van der Waals surface area (Å²) in [5, 5.41) is 3.12. The maximum atomic E-state index is 14.1. The summed E-state index contributed by atoms with van der Waals surface area (Å²) in [4.78, 5) is 26.7. The molecular formula is C21H23BrClFN2O3. The number of nitrogens with zero attached hydrogens (tertiary/aromatic N) is 1. The fourth-order valence-electron chi connectivity index (χ4n) is 2.61. The summed E-state index contributed by atoms with van der Waals surface area (Å²) in [5.41, 5.74) is 0.312. The van der Waals surface area contributed by atoms with E-state index in [0.29, 0.717) is 16.3 Å². The van der Waals surface area contributed by atoms with Gasteiger partial charge in [0, 0.05) is 22.6 Å². The van der Waals surface area contributed by atoms with E-state index >= 15 is 0 Å². The quantitative estimate of drug-likeness (QED) is 0.596. The van der Waals surface area contributed by atoms with Crippen molar-refractivity contribution in [1.82, 2.24) is 10.2 Å². The highest BCUT2D eigenvalue weighted by molar-refractivity contribution is 9.10. The first-order valence-electron chi connectivity index (χ1n) is 9.10. The van der Waals surface area contributed by atoms with Crippen LogP contribution in [0.5, 0.6) is 5.75 Å². The number of ether oxygens (including phenoxy) is 1. The summed E-state index contributed by atoms with van der Waals surface area (Å²) in [5.74, 6) is -0.892. The summed E-state index contributed by atoms with van der Waals surface area (Å²) in [6, 6.07) is 10.3. The summed E-state index contributed by atoms with van der Waals surface area (Å²) in [6.07, 6.45) is 0. The number of nitrogens with one attached hydrogen (secondary N) is 1. The minimum atomic E-state index is -0.812. The predicted molar refractivity (Wildman–Crippen MR) is 114 cm³/mol. The molecule has 8 heteroatoms. The fraction of sp³-hybridized carbons (Fsp3) is 0.333. The molecule has 0 radical (unpaired) electrons. The Balaban J connectivity index is 2.19. The summed E-state index contributed by atoms with van der Waals surface area (Å²) in [7, 11) is 0. The molecule has 2 aromatic carbocycles. The van der Waals surface area contributed by atoms with E-state index in [-0.39, 0.29) is 25.1 Å². The molecule has 0 saturated carbocycles. The van der Waals surface area contributed by atoms with Gasteiger partial charge in [-0.05, 0) is 45.0 Å². The largest absolute Gasteiger partial charge is 0.482 e. The molecule has 2 rings (SSSR count). The number of hydrogen-bond acceptors (Lipinski definition) is 3. The molecular weight excluding hydrogens is 463 g/mol. The summed E-state index contributed by atoms with van der Waals surface area (Å²) >= 11 is 9.42. The molecule has 0 spiro atoms. The van der Waals surface area contributed by atoms with Crippen LogP contribution in [0.3, 0.4) is 0 Å². The van der Waals surface area contributed by atoms with Gasteiger partial charge in [-0.25, -0.2) is 4.39 Å². The van der Waals surface area contributed by atoms with Crippen molar-refractivity contribution in [2.24, 2.45) is 0 Å². The third-order valence-corrected chi connectivity index (χ3v) is 4.93. The lowest BCUT2D eigenvalue weighted by Crippen LogP contribution is -2.50. The number of halogens is 3. The van der Waals surface area contributed by atoms with Crippen molar-refractivity contribution in [3.8, 4) is 5.75 Å². The fourth-order valence-corrected chi connectivity index (χ4v) is 3.34. The van der Waals surface area contributed by atoms with Crippen LogP contribution in [0.2, 0.25) is 5.02 Å². The highest BCUT2D eigenvalue weighted by atomic mass is 79.9. The minimum Gasteiger partial charge on any atom is -0.482 e. The zero-order valence-electron chi connectivity index (χ0n) is 16.4. The van der Waals surface area contributed by atoms with Crippen LogP contribution in [0.4, 0.5) is 4.39 Å². The Kier molecular flexibility index (Phi) is 8.46. The molecule has 0 aliphatic heterocycles. The number of carbonyl (C=O) groups excluding carboxylic acids is 2. The van der Waals surface area contributed by atoms with E-state index in [0.717, 1.165) is 4.47 Å². The van der Waals surface area contributed by atoms with Gasteiger partial charge in [-0.3, -0.25) is 9.59 Å². The first-order valence-corrected chi connectivity index (χ1v) is 10.3. The van der Waals surface area contributed by atoms with Gasteiger partial charge in [0.1, 0.15) is 17.6 Å². The Morgan fingerprint density at radius 3 is 2.52 bits per heavy atom. The van der Waals surface area contributed by atoms with Crippen LogP contribution in [-0.4, -0.2) is 35.4 Å². The molecule has 0 fully saturated rings. The maximum Gasteiger partial charge on any atom is 0.261 e. The van der Waals surface area contributed by atoms with E-state index in [2.05, 4.69) is 21.2 Å². The van der Waals surface area contributed by atoms with Gasteiger partial charge in [0.25, 0.3) is 5.91 Å². The van der Waals surface area contributed by atoms with E-state index in [9.17, 15) is 14.0 Å². The number of amides is 2. The number of benzene rings is 2. The van der Waals surface area contributed by atoms with E-state index in [1.807, 2.05) is 13.8 Å². The van der Waals surface area contributed by atoms with Crippen molar-refractivity contribution in [2.75, 3.05) is 6.61 Å². The molecule has 1 atom stereocenters. The zero-order chi connectivity index (χ0) is 21.6. The van der Waals surface area contributed by atoms with Crippen molar-refractivity contribution in [1.29, 1.82) is 0 Å². The van der Waals surface area contributed by atoms with Gasteiger partial charge in [0.05, 0.1) is 5.02 Å². The molecule has 0 aliphatic rings. The van der Waals surface area contributed by atoms with Crippen LogP contribution in [-0.2, 0) is 16.1 Å². The van der Waals surface area contributed by atoms with E-state index < -0.39 is 17.8 Å². The van der Waals surface area contributed by atoms with Gasteiger partial charge in [0.2, 0.25) is 5.91 Å². The van der Waals surface area contributed by atoms with Gasteiger partial charge in [-0.15, -0.1) is 0 Å². The van der Waals surface area contributed by atoms with Gasteiger partial charge in [-0.2, -0.15) is 0 Å². The molecule has 0 aromatic heterocycles. The Labute approximate surface area is 183 Å². The van der Waals surface area contributed by atoms with Gasteiger partial charge in [0.15, 0.2) is 6.61 Å². The third kappa shape index (κ3) is 6.72. The van der Waals surface area contributed by atoms with Gasteiger partial charge < -0.3 is 15.0 Å². The zero-order valence-corrected chi connectivity index (χ0v) is 18.8. The van der Waals surface area contributed by atoms with Crippen LogP contribution >= 0.6 is 27.5 Å². The van der Waals surface area contributed by atoms with Crippen LogP contribution in [0.15, 0.2) is 46.9 Å². The molecule has 0 heterocycles. The monoisotopic (exact) mass is 484 g/mol. The molecule has 0 unspecified atom stereocenters. The van der Waals surface area contributed by atoms with E-state index in [1.54, 1.807) is 43.3 Å². The minimum absolute atomic E-state index is 0.0599. The SMILES string of the molecule is CC(C)NC(=O)[C@@H](C)N(Cc1ccccc1F)C(=O)COc1ccc(Br)cc1Cl. The normalized spacial score (nSPS) is 11.8. The number of hydrogen-bond donors (Lipinski definition) is 1. The second-order valence-electron chi connectivity index (χ2n) is 6.82. The number of rotatable bonds is 8. The van der Waals surface area contributed by atoms with Crippen molar-refractivity contribution in [2.45, 2.75) is 39.4 Å². The Hall–Kier alpha value is -2.12. The molecule has 1 N–H and O–H groups in total. The average molecular weight is 486 g/mol. The van der Waals surface area contributed by atoms with Crippen LogP contribution < -0.4 is 10.1 Å². The molecule has 156 valence electrons. The first kappa shape index (κ1) is 23.2. The lowest BCUT2D eigenvalue weighted by molar-refractivity contribution is -0.142. The Morgan fingerprint density at radius 1 is 1.21 bits per heavy atom. The second-order valence-corrected chi connectivity index (χ2v) is 8.14. The van der Waals surface area contributed by atoms with Crippen LogP contribution in [0.25, 0.3) is 0 Å². The summed E-state index contributed by atoms with van der Waals surface area (Å²) < 4.78 is 20.5. The molecule has 2 aromatic rings. The van der Waals surface area contributed by atoms with Crippen LogP contribution in [0, 0.1) is 5.82 Å². The molecule has 5 nitrogen and oxygen atoms in total. The molecule has 0 bridgehead atoms. The van der Waals surface area contributed by atoms with E-state index in [1.165, 1.54) is 11.0 Å². The van der Waals surface area contributed by atoms with Gasteiger partial charge >= 0.3 is 0 Å². The molecule has 29 heavy (non-hydrogen) atoms. The lowest BCUT2D eigenvalue weighted by Gasteiger charge is -2.29.